The highest BCUT2D eigenvalue weighted by molar-refractivity contribution is 6.99. The van der Waals surface area contributed by atoms with Crippen molar-refractivity contribution in [1.82, 2.24) is 14.1 Å². The van der Waals surface area contributed by atoms with E-state index >= 15 is 0 Å². The van der Waals surface area contributed by atoms with Crippen LogP contribution in [0.3, 0.4) is 0 Å². The first-order valence-corrected chi connectivity index (χ1v) is 4.74. The van der Waals surface area contributed by atoms with Gasteiger partial charge in [0.15, 0.2) is 11.7 Å². The molecular weight excluding hydrogens is 222 g/mol. The number of hydrogen-bond acceptors (Lipinski definition) is 6. The average Bonchev–Trinajstić information content (AvgIpc) is 2.65. The van der Waals surface area contributed by atoms with Crippen molar-refractivity contribution in [3.05, 3.63) is 11.9 Å². The number of aliphatic hydroxyl groups excluding tert-OH is 1. The van der Waals surface area contributed by atoms with Gasteiger partial charge in [-0.15, -0.1) is 0 Å². The molecule has 1 rings (SSSR count). The minimum Gasteiger partial charge on any atom is -0.480 e. The SMILES string of the molecule is C[C@@H](O)[C@H](NC(=O)c1cnsn1)C(=O)O. The Hall–Kier alpha value is -1.54. The first-order valence-electron chi connectivity index (χ1n) is 4.01. The topological polar surface area (TPSA) is 112 Å². The molecule has 1 aromatic heterocycles. The maximum Gasteiger partial charge on any atom is 0.328 e. The lowest BCUT2D eigenvalue weighted by molar-refractivity contribution is -0.141. The number of aliphatic carboxylic acids is 1. The number of amides is 1. The second-order valence-electron chi connectivity index (χ2n) is 2.82. The smallest absolute Gasteiger partial charge is 0.328 e. The highest BCUT2D eigenvalue weighted by Crippen LogP contribution is 1.98. The van der Waals surface area contributed by atoms with Crippen LogP contribution in [0.1, 0.15) is 17.4 Å². The Labute approximate surface area is 89.1 Å². The summed E-state index contributed by atoms with van der Waals surface area (Å²) in [5.41, 5.74) is 0.0342. The molecule has 7 nitrogen and oxygen atoms in total. The molecule has 0 fully saturated rings. The molecule has 0 saturated heterocycles. The Balaban J connectivity index is 2.67. The van der Waals surface area contributed by atoms with Crippen molar-refractivity contribution in [1.29, 1.82) is 0 Å². The van der Waals surface area contributed by atoms with Gasteiger partial charge in [0.05, 0.1) is 24.0 Å². The van der Waals surface area contributed by atoms with Gasteiger partial charge in [-0.3, -0.25) is 4.79 Å². The minimum absolute atomic E-state index is 0.0342. The van der Waals surface area contributed by atoms with Crippen molar-refractivity contribution in [2.45, 2.75) is 19.1 Å². The van der Waals surface area contributed by atoms with Gasteiger partial charge in [0, 0.05) is 0 Å². The maximum atomic E-state index is 11.3. The van der Waals surface area contributed by atoms with Crippen LogP contribution < -0.4 is 5.32 Å². The molecular formula is C7H9N3O4S. The van der Waals surface area contributed by atoms with E-state index in [1.807, 2.05) is 0 Å². The van der Waals surface area contributed by atoms with E-state index in [1.54, 1.807) is 0 Å². The molecule has 1 aromatic rings. The van der Waals surface area contributed by atoms with Crippen molar-refractivity contribution < 1.29 is 19.8 Å². The van der Waals surface area contributed by atoms with Gasteiger partial charge in [0.1, 0.15) is 0 Å². The zero-order valence-corrected chi connectivity index (χ0v) is 8.56. The highest BCUT2D eigenvalue weighted by Gasteiger charge is 2.26. The lowest BCUT2D eigenvalue weighted by atomic mass is 10.2. The number of carboxylic acid groups (broad SMARTS) is 1. The van der Waals surface area contributed by atoms with E-state index < -0.39 is 24.0 Å². The van der Waals surface area contributed by atoms with Crippen molar-refractivity contribution >= 4 is 23.6 Å². The van der Waals surface area contributed by atoms with Crippen molar-refractivity contribution in [3.63, 3.8) is 0 Å². The number of hydrogen-bond donors (Lipinski definition) is 3. The molecule has 8 heteroatoms. The van der Waals surface area contributed by atoms with Gasteiger partial charge < -0.3 is 15.5 Å². The van der Waals surface area contributed by atoms with Gasteiger partial charge in [0.25, 0.3) is 5.91 Å². The third kappa shape index (κ3) is 2.96. The Morgan fingerprint density at radius 2 is 2.27 bits per heavy atom. The molecule has 0 saturated carbocycles. The van der Waals surface area contributed by atoms with Crippen LogP contribution >= 0.6 is 11.7 Å². The standard InChI is InChI=1S/C7H9N3O4S/c1-3(11)5(7(13)14)9-6(12)4-2-8-15-10-4/h2-3,5,11H,1H3,(H,9,12)(H,13,14)/t3-,5+/m1/s1. The van der Waals surface area contributed by atoms with Crippen LogP contribution in [0.2, 0.25) is 0 Å². The zero-order valence-electron chi connectivity index (χ0n) is 7.75. The second-order valence-corrected chi connectivity index (χ2v) is 3.38. The Kier molecular flexibility index (Phi) is 3.69. The lowest BCUT2D eigenvalue weighted by Gasteiger charge is -2.15. The molecule has 0 aliphatic heterocycles. The maximum absolute atomic E-state index is 11.3. The highest BCUT2D eigenvalue weighted by atomic mass is 32.1. The Morgan fingerprint density at radius 3 is 2.67 bits per heavy atom. The molecule has 0 aromatic carbocycles. The largest absolute Gasteiger partial charge is 0.480 e. The van der Waals surface area contributed by atoms with Gasteiger partial charge in [-0.2, -0.15) is 8.75 Å². The van der Waals surface area contributed by atoms with Crippen LogP contribution in [0, 0.1) is 0 Å². The van der Waals surface area contributed by atoms with Crippen LogP contribution in [0.5, 0.6) is 0 Å². The summed E-state index contributed by atoms with van der Waals surface area (Å²) in [6, 6.07) is -1.35. The molecule has 2 atom stereocenters. The third-order valence-corrected chi connectivity index (χ3v) is 2.11. The fraction of sp³-hybridized carbons (Fsp3) is 0.429. The van der Waals surface area contributed by atoms with Gasteiger partial charge in [-0.05, 0) is 6.92 Å². The average molecular weight is 231 g/mol. The van der Waals surface area contributed by atoms with E-state index in [2.05, 4.69) is 14.1 Å². The Morgan fingerprint density at radius 1 is 1.60 bits per heavy atom. The molecule has 0 unspecified atom stereocenters. The van der Waals surface area contributed by atoms with Crippen molar-refractivity contribution in [2.75, 3.05) is 0 Å². The van der Waals surface area contributed by atoms with Gasteiger partial charge in [0.2, 0.25) is 0 Å². The number of carboxylic acids is 1. The summed E-state index contributed by atoms with van der Waals surface area (Å²) >= 11 is 0.841. The molecule has 0 bridgehead atoms. The monoisotopic (exact) mass is 231 g/mol. The van der Waals surface area contributed by atoms with Crippen molar-refractivity contribution in [2.24, 2.45) is 0 Å². The van der Waals surface area contributed by atoms with Gasteiger partial charge in [-0.25, -0.2) is 4.79 Å². The minimum atomic E-state index is -1.35. The van der Waals surface area contributed by atoms with Crippen LogP contribution in [0.25, 0.3) is 0 Å². The quantitative estimate of drug-likeness (QED) is 0.619. The number of nitrogens with one attached hydrogen (secondary N) is 1. The lowest BCUT2D eigenvalue weighted by Crippen LogP contribution is -2.47. The van der Waals surface area contributed by atoms with E-state index in [9.17, 15) is 9.59 Å². The predicted octanol–water partition coefficient (Wildman–Crippen LogP) is -0.898. The Bertz CT molecular complexity index is 351. The molecule has 0 radical (unpaired) electrons. The summed E-state index contributed by atoms with van der Waals surface area (Å²) in [6.07, 6.45) is 0.0408. The zero-order chi connectivity index (χ0) is 11.4. The summed E-state index contributed by atoms with van der Waals surface area (Å²) in [4.78, 5) is 22.0. The number of aromatic nitrogens is 2. The third-order valence-electron chi connectivity index (χ3n) is 1.63. The van der Waals surface area contributed by atoms with Crippen LogP contribution in [0.15, 0.2) is 6.20 Å². The summed E-state index contributed by atoms with van der Waals surface area (Å²) in [6.45, 7) is 1.28. The normalized spacial score (nSPS) is 14.3. The van der Waals surface area contributed by atoms with Crippen LogP contribution in [-0.2, 0) is 4.79 Å². The van der Waals surface area contributed by atoms with E-state index in [0.717, 1.165) is 11.7 Å². The molecule has 0 aliphatic rings. The molecule has 0 aliphatic carbocycles. The molecule has 1 amide bonds. The first-order chi connectivity index (χ1) is 7.02. The van der Waals surface area contributed by atoms with E-state index in [1.165, 1.54) is 13.1 Å². The number of nitrogens with zero attached hydrogens (tertiary/aromatic N) is 2. The van der Waals surface area contributed by atoms with E-state index in [0.29, 0.717) is 0 Å². The fourth-order valence-electron chi connectivity index (χ4n) is 0.869. The van der Waals surface area contributed by atoms with Crippen LogP contribution in [0.4, 0.5) is 0 Å². The summed E-state index contributed by atoms with van der Waals surface area (Å²) in [7, 11) is 0. The fourth-order valence-corrected chi connectivity index (χ4v) is 1.28. The number of carbonyl (C=O) groups is 2. The van der Waals surface area contributed by atoms with Crippen molar-refractivity contribution in [3.8, 4) is 0 Å². The van der Waals surface area contributed by atoms with Gasteiger partial charge >= 0.3 is 5.97 Å². The molecule has 3 N–H and O–H groups in total. The number of carbonyl (C=O) groups excluding carboxylic acids is 1. The summed E-state index contributed by atoms with van der Waals surface area (Å²) in [5, 5.41) is 19.9. The molecule has 82 valence electrons. The van der Waals surface area contributed by atoms with E-state index in [-0.39, 0.29) is 5.69 Å². The van der Waals surface area contributed by atoms with E-state index in [4.69, 9.17) is 10.2 Å². The van der Waals surface area contributed by atoms with Gasteiger partial charge in [-0.1, -0.05) is 0 Å². The summed E-state index contributed by atoms with van der Waals surface area (Å²) in [5.74, 6) is -1.97. The predicted molar refractivity (Wildman–Crippen MR) is 50.5 cm³/mol. The molecule has 0 spiro atoms. The number of aliphatic hydroxyl groups is 1. The first kappa shape index (κ1) is 11.5. The number of rotatable bonds is 4. The molecule has 1 heterocycles. The van der Waals surface area contributed by atoms with Crippen LogP contribution in [-0.4, -0.2) is 43.0 Å². The second kappa shape index (κ2) is 4.80. The molecule has 15 heavy (non-hydrogen) atoms. The summed E-state index contributed by atoms with van der Waals surface area (Å²) < 4.78 is 7.23.